The first-order chi connectivity index (χ1) is 64.4. The molecule has 0 amide bonds. The highest BCUT2D eigenvalue weighted by Crippen LogP contribution is 2.46. The number of benzene rings is 17. The number of hydrogen-bond acceptors (Lipinski definition) is 5. The number of nitrogens with zero attached hydrogens (tertiary/aromatic N) is 7. The van der Waals surface area contributed by atoms with Crippen LogP contribution in [-0.4, -0.2) is 34.1 Å². The summed E-state index contributed by atoms with van der Waals surface area (Å²) in [7, 11) is 0. The topological polar surface area (TPSA) is 74.3 Å². The van der Waals surface area contributed by atoms with Gasteiger partial charge in [-0.25, -0.2) is 9.97 Å². The SMILES string of the molecule is c1ccc(-c2ccc3c(c2)c2cc(-c4ccccc4)ccc2n3-c2cccc(-c3cc(-c4ccccc4)c4ccc5c(-c6ccccc6)cc(-c6cccc(-n7c8ccc(-c9ccccc9)cc8c8cc(-c9ccccc9)ccc87)c6)nc5c4n3)c2)cc1.c1cncc(-c2ccc(-c3cc(-c4ccc(-c5cccnc5)cc4)cc(-c4ccc(-c5cccnc5)cc4)c3)cc2)c1. The van der Waals surface area contributed by atoms with Crippen molar-refractivity contribution in [2.75, 3.05) is 0 Å². The molecule has 0 fully saturated rings. The fraction of sp³-hybridized carbons (Fsp3) is 0. The van der Waals surface area contributed by atoms with E-state index in [2.05, 4.69) is 461 Å². The number of fused-ring (bicyclic) bond motifs is 9. The Bertz CT molecular complexity index is 7520. The second-order valence-corrected chi connectivity index (χ2v) is 33.1. The lowest BCUT2D eigenvalue weighted by Gasteiger charge is -2.16. The lowest BCUT2D eigenvalue weighted by atomic mass is 9.91. The standard InChI is InChI=1S/C84H54N4.C39H27N3/c1-7-21-55(22-8-1)61-37-43-79-73(49-61)74-50-62(56-23-9-2-10-24-56)38-44-80(74)87(79)67-35-19-33-65(47-67)77-53-71(59-29-15-5-16-30-59)69-41-42-70-72(60-31-17-6-18-32-60)54-78(86-84(70)83(69)85-77)66-34-20-36-68(48-66)88-81-45-39-63(57-25-11-3-12-26-57)51-75(81)76-52-64(40-46-82(76)88)58-27-13-4-14-28-58;1-4-34(25-40-19-1)28-7-13-31(14-8-28)37-22-38(32-15-9-29(10-16-32)35-5-2-20-41-26-35)24-39(23-37)33-17-11-30(12-18-33)36-6-3-21-42-27-36/h1-54H;1-27H. The minimum absolute atomic E-state index is 0.846. The molecule has 0 aliphatic rings. The molecule has 7 nitrogen and oxygen atoms in total. The molecule has 0 aliphatic heterocycles. The van der Waals surface area contributed by atoms with Gasteiger partial charge in [0.2, 0.25) is 0 Å². The van der Waals surface area contributed by atoms with Crippen molar-refractivity contribution in [2.24, 2.45) is 0 Å². The third-order valence-corrected chi connectivity index (χ3v) is 25.3. The van der Waals surface area contributed by atoms with Crippen LogP contribution in [0.15, 0.2) is 492 Å². The second kappa shape index (κ2) is 33.9. The summed E-state index contributed by atoms with van der Waals surface area (Å²) in [5.41, 5.74) is 39.9. The van der Waals surface area contributed by atoms with E-state index in [1.54, 1.807) is 18.6 Å². The highest BCUT2D eigenvalue weighted by atomic mass is 15.0. The first kappa shape index (κ1) is 77.4. The normalized spacial score (nSPS) is 11.4. The quantitative estimate of drug-likeness (QED) is 0.0901. The molecule has 7 aromatic heterocycles. The summed E-state index contributed by atoms with van der Waals surface area (Å²) >= 11 is 0. The molecule has 24 rings (SSSR count). The minimum Gasteiger partial charge on any atom is -0.309 e. The van der Waals surface area contributed by atoms with Crippen LogP contribution in [0.2, 0.25) is 0 Å². The molecule has 7 heteroatoms. The van der Waals surface area contributed by atoms with E-state index >= 15 is 0 Å². The van der Waals surface area contributed by atoms with Crippen LogP contribution in [0.25, 0.3) is 233 Å². The first-order valence-electron chi connectivity index (χ1n) is 44.1. The van der Waals surface area contributed by atoms with Crippen molar-refractivity contribution in [1.29, 1.82) is 0 Å². The van der Waals surface area contributed by atoms with Gasteiger partial charge >= 0.3 is 0 Å². The molecule has 0 saturated heterocycles. The maximum absolute atomic E-state index is 5.78. The summed E-state index contributed by atoms with van der Waals surface area (Å²) in [4.78, 5) is 24.4. The zero-order chi connectivity index (χ0) is 86.2. The number of pyridine rings is 5. The van der Waals surface area contributed by atoms with Crippen molar-refractivity contribution in [3.63, 3.8) is 0 Å². The second-order valence-electron chi connectivity index (χ2n) is 33.1. The molecule has 24 aromatic rings. The van der Waals surface area contributed by atoms with Crippen molar-refractivity contribution in [1.82, 2.24) is 34.1 Å². The van der Waals surface area contributed by atoms with E-state index in [0.717, 1.165) is 133 Å². The molecular formula is C123H81N7. The number of aromatic nitrogens is 7. The predicted octanol–water partition coefficient (Wildman–Crippen LogP) is 32.2. The van der Waals surface area contributed by atoms with Gasteiger partial charge in [0.15, 0.2) is 0 Å². The lowest BCUT2D eigenvalue weighted by molar-refractivity contribution is 1.18. The maximum Gasteiger partial charge on any atom is 0.0978 e. The molecule has 0 saturated carbocycles. The molecule has 17 aromatic carbocycles. The van der Waals surface area contributed by atoms with E-state index < -0.39 is 0 Å². The van der Waals surface area contributed by atoms with Crippen molar-refractivity contribution in [2.45, 2.75) is 0 Å². The average molecular weight is 1660 g/mol. The Morgan fingerprint density at radius 3 is 0.654 bits per heavy atom. The van der Waals surface area contributed by atoms with Crippen LogP contribution < -0.4 is 0 Å². The van der Waals surface area contributed by atoms with Crippen LogP contribution in [0.3, 0.4) is 0 Å². The van der Waals surface area contributed by atoms with E-state index in [1.165, 1.54) is 99.4 Å². The molecule has 0 unspecified atom stereocenters. The summed E-state index contributed by atoms with van der Waals surface area (Å²) in [5.74, 6) is 0. The van der Waals surface area contributed by atoms with E-state index in [9.17, 15) is 0 Å². The third-order valence-electron chi connectivity index (χ3n) is 25.3. The predicted molar refractivity (Wildman–Crippen MR) is 542 cm³/mol. The fourth-order valence-electron chi connectivity index (χ4n) is 18.7. The zero-order valence-corrected chi connectivity index (χ0v) is 70.9. The van der Waals surface area contributed by atoms with Crippen LogP contribution in [0.5, 0.6) is 0 Å². The van der Waals surface area contributed by atoms with Crippen LogP contribution in [0.4, 0.5) is 0 Å². The molecular weight excluding hydrogens is 1580 g/mol. The molecule has 130 heavy (non-hydrogen) atoms. The molecule has 0 atom stereocenters. The Hall–Kier alpha value is -17.4. The maximum atomic E-state index is 5.78. The van der Waals surface area contributed by atoms with Crippen molar-refractivity contribution < 1.29 is 0 Å². The van der Waals surface area contributed by atoms with Gasteiger partial charge in [-0.2, -0.15) is 0 Å². The van der Waals surface area contributed by atoms with Crippen molar-refractivity contribution >= 4 is 65.4 Å². The highest BCUT2D eigenvalue weighted by molar-refractivity contribution is 6.16. The minimum atomic E-state index is 0.846. The largest absolute Gasteiger partial charge is 0.309 e. The molecule has 0 spiro atoms. The first-order valence-corrected chi connectivity index (χ1v) is 44.1. The summed E-state index contributed by atoms with van der Waals surface area (Å²) in [5, 5.41) is 6.88. The van der Waals surface area contributed by atoms with Gasteiger partial charge in [-0.15, -0.1) is 0 Å². The van der Waals surface area contributed by atoms with Gasteiger partial charge in [-0.3, -0.25) is 15.0 Å². The summed E-state index contributed by atoms with van der Waals surface area (Å²) < 4.78 is 4.84. The monoisotopic (exact) mass is 1660 g/mol. The Kier molecular flexibility index (Phi) is 20.2. The molecule has 0 radical (unpaired) electrons. The van der Waals surface area contributed by atoms with E-state index in [1.807, 2.05) is 36.8 Å². The Morgan fingerprint density at radius 2 is 0.385 bits per heavy atom. The zero-order valence-electron chi connectivity index (χ0n) is 70.9. The van der Waals surface area contributed by atoms with Gasteiger partial charge in [-0.05, 0) is 255 Å². The Labute approximate surface area is 753 Å². The molecule has 0 N–H and O–H groups in total. The Balaban J connectivity index is 0.000000191. The van der Waals surface area contributed by atoms with Gasteiger partial charge in [0.05, 0.1) is 44.5 Å². The van der Waals surface area contributed by atoms with Crippen LogP contribution >= 0.6 is 0 Å². The van der Waals surface area contributed by atoms with Crippen molar-refractivity contribution in [3.8, 4) is 167 Å². The summed E-state index contributed by atoms with van der Waals surface area (Å²) in [6, 6.07) is 164. The lowest BCUT2D eigenvalue weighted by Crippen LogP contribution is -1.98. The van der Waals surface area contributed by atoms with Crippen LogP contribution in [-0.2, 0) is 0 Å². The third kappa shape index (κ3) is 15.0. The number of rotatable bonds is 16. The van der Waals surface area contributed by atoms with E-state index in [0.29, 0.717) is 0 Å². The van der Waals surface area contributed by atoms with E-state index in [-0.39, 0.29) is 0 Å². The van der Waals surface area contributed by atoms with Gasteiger partial charge in [0, 0.05) is 92.0 Å². The van der Waals surface area contributed by atoms with E-state index in [4.69, 9.17) is 9.97 Å². The Morgan fingerprint density at radius 1 is 0.146 bits per heavy atom. The smallest absolute Gasteiger partial charge is 0.0978 e. The molecule has 7 heterocycles. The molecule has 0 aliphatic carbocycles. The van der Waals surface area contributed by atoms with Gasteiger partial charge < -0.3 is 9.13 Å². The molecule has 0 bridgehead atoms. The fourth-order valence-corrected chi connectivity index (χ4v) is 18.7. The van der Waals surface area contributed by atoms with Crippen LogP contribution in [0.1, 0.15) is 0 Å². The number of hydrogen-bond donors (Lipinski definition) is 0. The summed E-state index contributed by atoms with van der Waals surface area (Å²) in [6.07, 6.45) is 11.1. The van der Waals surface area contributed by atoms with Gasteiger partial charge in [0.1, 0.15) is 0 Å². The van der Waals surface area contributed by atoms with Gasteiger partial charge in [0.25, 0.3) is 0 Å². The van der Waals surface area contributed by atoms with Gasteiger partial charge in [-0.1, -0.05) is 334 Å². The average Bonchev–Trinajstić information content (AvgIpc) is 1.17. The highest BCUT2D eigenvalue weighted by Gasteiger charge is 2.23. The molecule has 608 valence electrons. The van der Waals surface area contributed by atoms with Crippen LogP contribution in [0, 0.1) is 0 Å². The summed E-state index contributed by atoms with van der Waals surface area (Å²) in [6.45, 7) is 0. The van der Waals surface area contributed by atoms with Crippen molar-refractivity contribution in [3.05, 3.63) is 492 Å².